The second kappa shape index (κ2) is 8.36. The van der Waals surface area contributed by atoms with Gasteiger partial charge in [0, 0.05) is 6.54 Å². The highest BCUT2D eigenvalue weighted by Gasteiger charge is 2.17. The number of rotatable bonds is 9. The van der Waals surface area contributed by atoms with E-state index in [1.807, 2.05) is 6.92 Å². The topological polar surface area (TPSA) is 77.0 Å². The first-order valence-corrected chi connectivity index (χ1v) is 6.82. The van der Waals surface area contributed by atoms with Gasteiger partial charge in [0.2, 0.25) is 5.75 Å². The van der Waals surface area contributed by atoms with Crippen molar-refractivity contribution in [1.29, 1.82) is 0 Å². The van der Waals surface area contributed by atoms with Crippen LogP contribution in [0, 0.1) is 0 Å². The van der Waals surface area contributed by atoms with E-state index in [1.54, 1.807) is 33.5 Å². The third-order valence-corrected chi connectivity index (χ3v) is 3.15. The Morgan fingerprint density at radius 3 is 2.14 bits per heavy atom. The molecule has 0 spiro atoms. The van der Waals surface area contributed by atoms with Gasteiger partial charge in [0.15, 0.2) is 11.5 Å². The predicted octanol–water partition coefficient (Wildman–Crippen LogP) is 2.06. The Kier molecular flexibility index (Phi) is 6.81. The number of hydrogen-bond donors (Lipinski definition) is 2. The second-order valence-corrected chi connectivity index (χ2v) is 4.59. The summed E-state index contributed by atoms with van der Waals surface area (Å²) in [7, 11) is 4.64. The van der Waals surface area contributed by atoms with Crippen molar-refractivity contribution in [3.63, 3.8) is 0 Å². The summed E-state index contributed by atoms with van der Waals surface area (Å²) in [5, 5.41) is 12.2. The van der Waals surface area contributed by atoms with Crippen LogP contribution < -0.4 is 19.5 Å². The van der Waals surface area contributed by atoms with Crippen molar-refractivity contribution in [2.24, 2.45) is 0 Å². The number of benzene rings is 1. The molecule has 6 heteroatoms. The van der Waals surface area contributed by atoms with Crippen LogP contribution in [0.2, 0.25) is 0 Å². The maximum Gasteiger partial charge on any atom is 0.320 e. The van der Waals surface area contributed by atoms with E-state index >= 15 is 0 Å². The molecule has 2 N–H and O–H groups in total. The highest BCUT2D eigenvalue weighted by molar-refractivity contribution is 5.73. The van der Waals surface area contributed by atoms with Crippen molar-refractivity contribution < 1.29 is 24.1 Å². The number of nitrogens with one attached hydrogen (secondary N) is 1. The Labute approximate surface area is 125 Å². The van der Waals surface area contributed by atoms with Crippen molar-refractivity contribution in [3.05, 3.63) is 17.7 Å². The minimum absolute atomic E-state index is 0.410. The predicted molar refractivity (Wildman–Crippen MR) is 79.3 cm³/mol. The summed E-state index contributed by atoms with van der Waals surface area (Å²) in [6, 6.07) is 3.05. The monoisotopic (exact) mass is 297 g/mol. The molecule has 0 heterocycles. The molecule has 118 valence electrons. The lowest BCUT2D eigenvalue weighted by molar-refractivity contribution is -0.139. The summed E-state index contributed by atoms with van der Waals surface area (Å²) in [5.74, 6) is 0.781. The number of ether oxygens (including phenoxy) is 3. The van der Waals surface area contributed by atoms with Crippen LogP contribution in [0.25, 0.3) is 0 Å². The number of hydrogen-bond acceptors (Lipinski definition) is 5. The third-order valence-electron chi connectivity index (χ3n) is 3.15. The zero-order valence-electron chi connectivity index (χ0n) is 12.9. The van der Waals surface area contributed by atoms with Gasteiger partial charge in [-0.3, -0.25) is 4.79 Å². The smallest absolute Gasteiger partial charge is 0.320 e. The van der Waals surface area contributed by atoms with Crippen LogP contribution in [0.5, 0.6) is 17.2 Å². The van der Waals surface area contributed by atoms with Gasteiger partial charge in [0.25, 0.3) is 0 Å². The summed E-state index contributed by atoms with van der Waals surface area (Å²) >= 11 is 0. The van der Waals surface area contributed by atoms with Gasteiger partial charge in [-0.25, -0.2) is 0 Å². The molecule has 1 atom stereocenters. The van der Waals surface area contributed by atoms with Gasteiger partial charge in [-0.1, -0.05) is 13.3 Å². The maximum absolute atomic E-state index is 11.1. The second-order valence-electron chi connectivity index (χ2n) is 4.59. The number of aliphatic carboxylic acids is 1. The lowest BCUT2D eigenvalue weighted by Crippen LogP contribution is -2.36. The van der Waals surface area contributed by atoms with E-state index in [1.165, 1.54) is 0 Å². The molecule has 0 aliphatic heterocycles. The molecule has 0 aromatic heterocycles. The highest BCUT2D eigenvalue weighted by atomic mass is 16.5. The standard InChI is InChI=1S/C15H23NO5/c1-5-6-11(15(17)18)16-9-10-7-12(19-2)14(21-4)13(8-10)20-3/h7-8,11,16H,5-6,9H2,1-4H3,(H,17,18). The number of carboxylic acids is 1. The molecule has 0 fully saturated rings. The zero-order valence-corrected chi connectivity index (χ0v) is 12.9. The van der Waals surface area contributed by atoms with E-state index in [9.17, 15) is 4.79 Å². The molecule has 0 saturated carbocycles. The Morgan fingerprint density at radius 1 is 1.19 bits per heavy atom. The van der Waals surface area contributed by atoms with E-state index in [0.29, 0.717) is 30.2 Å². The van der Waals surface area contributed by atoms with Crippen LogP contribution in [0.4, 0.5) is 0 Å². The molecule has 0 bridgehead atoms. The zero-order chi connectivity index (χ0) is 15.8. The fraction of sp³-hybridized carbons (Fsp3) is 0.533. The van der Waals surface area contributed by atoms with Crippen molar-refractivity contribution in [2.45, 2.75) is 32.4 Å². The van der Waals surface area contributed by atoms with Gasteiger partial charge >= 0.3 is 5.97 Å². The van der Waals surface area contributed by atoms with Crippen LogP contribution in [0.1, 0.15) is 25.3 Å². The van der Waals surface area contributed by atoms with Crippen LogP contribution >= 0.6 is 0 Å². The van der Waals surface area contributed by atoms with Crippen LogP contribution in [-0.4, -0.2) is 38.4 Å². The maximum atomic E-state index is 11.1. The van der Waals surface area contributed by atoms with Crippen LogP contribution in [-0.2, 0) is 11.3 Å². The minimum atomic E-state index is -0.843. The SMILES string of the molecule is CCCC(NCc1cc(OC)c(OC)c(OC)c1)C(=O)O. The van der Waals surface area contributed by atoms with Crippen molar-refractivity contribution in [1.82, 2.24) is 5.32 Å². The van der Waals surface area contributed by atoms with Crippen molar-refractivity contribution in [2.75, 3.05) is 21.3 Å². The molecule has 0 aliphatic rings. The number of carboxylic acid groups (broad SMARTS) is 1. The summed E-state index contributed by atoms with van der Waals surface area (Å²) in [6.07, 6.45) is 1.39. The first kappa shape index (κ1) is 17.1. The van der Waals surface area contributed by atoms with Crippen molar-refractivity contribution >= 4 is 5.97 Å². The Balaban J connectivity index is 2.90. The van der Waals surface area contributed by atoms with E-state index in [4.69, 9.17) is 19.3 Å². The Morgan fingerprint density at radius 2 is 1.76 bits per heavy atom. The molecule has 1 aromatic rings. The molecule has 0 amide bonds. The van der Waals surface area contributed by atoms with Crippen LogP contribution in [0.3, 0.4) is 0 Å². The summed E-state index contributed by atoms with van der Waals surface area (Å²) in [5.41, 5.74) is 0.867. The van der Waals surface area contributed by atoms with E-state index < -0.39 is 12.0 Å². The van der Waals surface area contributed by atoms with Gasteiger partial charge in [-0.15, -0.1) is 0 Å². The highest BCUT2D eigenvalue weighted by Crippen LogP contribution is 2.38. The lowest BCUT2D eigenvalue weighted by atomic mass is 10.1. The van der Waals surface area contributed by atoms with Crippen LogP contribution in [0.15, 0.2) is 12.1 Å². The molecule has 0 aliphatic carbocycles. The average molecular weight is 297 g/mol. The van der Waals surface area contributed by atoms with Gasteiger partial charge in [-0.05, 0) is 24.1 Å². The molecular formula is C15H23NO5. The molecule has 21 heavy (non-hydrogen) atoms. The summed E-state index contributed by atoms with van der Waals surface area (Å²) < 4.78 is 15.8. The third kappa shape index (κ3) is 4.53. The molecule has 1 aromatic carbocycles. The average Bonchev–Trinajstić information content (AvgIpc) is 2.49. The number of methoxy groups -OCH3 is 3. The van der Waals surface area contributed by atoms with Crippen molar-refractivity contribution in [3.8, 4) is 17.2 Å². The molecule has 0 radical (unpaired) electrons. The fourth-order valence-corrected chi connectivity index (χ4v) is 2.08. The summed E-state index contributed by atoms with van der Waals surface area (Å²) in [6.45, 7) is 2.37. The van der Waals surface area contributed by atoms with E-state index in [2.05, 4.69) is 5.32 Å². The first-order chi connectivity index (χ1) is 10.1. The van der Waals surface area contributed by atoms with Gasteiger partial charge in [0.05, 0.1) is 21.3 Å². The summed E-state index contributed by atoms with van der Waals surface area (Å²) in [4.78, 5) is 11.1. The fourth-order valence-electron chi connectivity index (χ4n) is 2.08. The van der Waals surface area contributed by atoms with E-state index in [0.717, 1.165) is 12.0 Å². The molecule has 1 rings (SSSR count). The molecule has 1 unspecified atom stereocenters. The quantitative estimate of drug-likeness (QED) is 0.726. The largest absolute Gasteiger partial charge is 0.493 e. The van der Waals surface area contributed by atoms with E-state index in [-0.39, 0.29) is 0 Å². The number of carbonyl (C=O) groups is 1. The molecular weight excluding hydrogens is 274 g/mol. The van der Waals surface area contributed by atoms with Gasteiger partial charge < -0.3 is 24.6 Å². The van der Waals surface area contributed by atoms with Gasteiger partial charge in [0.1, 0.15) is 6.04 Å². The molecule has 6 nitrogen and oxygen atoms in total. The first-order valence-electron chi connectivity index (χ1n) is 6.82. The Bertz CT molecular complexity index is 450. The normalized spacial score (nSPS) is 11.8. The van der Waals surface area contributed by atoms with Gasteiger partial charge in [-0.2, -0.15) is 0 Å². The molecule has 0 saturated heterocycles. The minimum Gasteiger partial charge on any atom is -0.493 e. The Hall–Kier alpha value is -1.95. The lowest BCUT2D eigenvalue weighted by Gasteiger charge is -2.16.